The minimum Gasteiger partial charge on any atom is -0.370 e. The Balaban J connectivity index is 2.20. The summed E-state index contributed by atoms with van der Waals surface area (Å²) < 4.78 is 25.7. The number of carbonyl (C=O) groups excluding carboxylic acids is 1. The molecule has 0 aliphatic rings. The third-order valence-electron chi connectivity index (χ3n) is 2.28. The standard InChI is InChI=1S/C12H16F2N2O/c13-10-5-9(6-11(14)7-10)8-16-4-2-1-3-12(15)17/h5-7,16H,1-4,8H2,(H2,15,17). The fraction of sp³-hybridized carbons (Fsp3) is 0.417. The van der Waals surface area contributed by atoms with E-state index < -0.39 is 11.6 Å². The van der Waals surface area contributed by atoms with Gasteiger partial charge in [0, 0.05) is 19.0 Å². The number of nitrogens with one attached hydrogen (secondary N) is 1. The number of unbranched alkanes of at least 4 members (excludes halogenated alkanes) is 1. The number of halogens is 2. The molecule has 0 saturated heterocycles. The van der Waals surface area contributed by atoms with Crippen LogP contribution in [0.2, 0.25) is 0 Å². The van der Waals surface area contributed by atoms with Crippen LogP contribution in [0.4, 0.5) is 8.78 Å². The third-order valence-corrected chi connectivity index (χ3v) is 2.28. The molecule has 0 fully saturated rings. The average Bonchev–Trinajstić information content (AvgIpc) is 2.21. The molecule has 1 rings (SSSR count). The van der Waals surface area contributed by atoms with Crippen LogP contribution in [0.1, 0.15) is 24.8 Å². The SMILES string of the molecule is NC(=O)CCCCNCc1cc(F)cc(F)c1. The molecule has 0 spiro atoms. The number of benzene rings is 1. The van der Waals surface area contributed by atoms with E-state index in [4.69, 9.17) is 5.73 Å². The molecule has 3 N–H and O–H groups in total. The molecular formula is C12H16F2N2O. The second-order valence-electron chi connectivity index (χ2n) is 3.88. The van der Waals surface area contributed by atoms with Crippen LogP contribution in [0.25, 0.3) is 0 Å². The predicted octanol–water partition coefficient (Wildman–Crippen LogP) is 1.71. The van der Waals surface area contributed by atoms with Gasteiger partial charge < -0.3 is 11.1 Å². The van der Waals surface area contributed by atoms with Crippen LogP contribution in [0.3, 0.4) is 0 Å². The first-order valence-corrected chi connectivity index (χ1v) is 5.52. The lowest BCUT2D eigenvalue weighted by Crippen LogP contribution is -2.16. The minimum atomic E-state index is -0.574. The Morgan fingerprint density at radius 3 is 2.41 bits per heavy atom. The summed E-state index contributed by atoms with van der Waals surface area (Å²) in [5, 5.41) is 3.04. The van der Waals surface area contributed by atoms with Gasteiger partial charge in [0.15, 0.2) is 0 Å². The molecule has 1 aromatic carbocycles. The van der Waals surface area contributed by atoms with Crippen molar-refractivity contribution >= 4 is 5.91 Å². The molecule has 3 nitrogen and oxygen atoms in total. The fourth-order valence-corrected chi connectivity index (χ4v) is 1.49. The van der Waals surface area contributed by atoms with Gasteiger partial charge in [-0.1, -0.05) is 0 Å². The number of amides is 1. The van der Waals surface area contributed by atoms with Gasteiger partial charge in [-0.05, 0) is 37.1 Å². The van der Waals surface area contributed by atoms with Gasteiger partial charge in [0.25, 0.3) is 0 Å². The summed E-state index contributed by atoms with van der Waals surface area (Å²) in [6.45, 7) is 1.09. The molecule has 0 aliphatic heterocycles. The van der Waals surface area contributed by atoms with E-state index in [0.29, 0.717) is 25.1 Å². The van der Waals surface area contributed by atoms with Gasteiger partial charge >= 0.3 is 0 Å². The van der Waals surface area contributed by atoms with Crippen molar-refractivity contribution in [2.45, 2.75) is 25.8 Å². The molecule has 0 atom stereocenters. The predicted molar refractivity (Wildman–Crippen MR) is 61.1 cm³/mol. The number of primary amides is 1. The number of carbonyl (C=O) groups is 1. The van der Waals surface area contributed by atoms with Crippen molar-refractivity contribution in [3.8, 4) is 0 Å². The highest BCUT2D eigenvalue weighted by Crippen LogP contribution is 2.07. The molecule has 0 bridgehead atoms. The number of hydrogen-bond acceptors (Lipinski definition) is 2. The Morgan fingerprint density at radius 2 is 1.82 bits per heavy atom. The fourth-order valence-electron chi connectivity index (χ4n) is 1.49. The zero-order valence-electron chi connectivity index (χ0n) is 9.51. The van der Waals surface area contributed by atoms with Gasteiger partial charge in [-0.15, -0.1) is 0 Å². The Labute approximate surface area is 99.0 Å². The Morgan fingerprint density at radius 1 is 1.18 bits per heavy atom. The van der Waals surface area contributed by atoms with Gasteiger partial charge in [0.2, 0.25) is 5.91 Å². The highest BCUT2D eigenvalue weighted by molar-refractivity contribution is 5.73. The normalized spacial score (nSPS) is 10.5. The monoisotopic (exact) mass is 242 g/mol. The number of rotatable bonds is 7. The van der Waals surface area contributed by atoms with E-state index in [0.717, 1.165) is 18.9 Å². The molecule has 17 heavy (non-hydrogen) atoms. The second kappa shape index (κ2) is 6.96. The highest BCUT2D eigenvalue weighted by Gasteiger charge is 2.00. The maximum absolute atomic E-state index is 12.8. The van der Waals surface area contributed by atoms with Crippen molar-refractivity contribution in [2.75, 3.05) is 6.54 Å². The summed E-state index contributed by atoms with van der Waals surface area (Å²) >= 11 is 0. The summed E-state index contributed by atoms with van der Waals surface area (Å²) in [5.41, 5.74) is 5.56. The van der Waals surface area contributed by atoms with Gasteiger partial charge in [-0.2, -0.15) is 0 Å². The lowest BCUT2D eigenvalue weighted by atomic mass is 10.2. The van der Waals surface area contributed by atoms with Crippen LogP contribution in [0.5, 0.6) is 0 Å². The molecule has 1 aromatic rings. The van der Waals surface area contributed by atoms with E-state index in [1.807, 2.05) is 0 Å². The summed E-state index contributed by atoms with van der Waals surface area (Å²) in [4.78, 5) is 10.4. The molecule has 0 aliphatic carbocycles. The van der Waals surface area contributed by atoms with Gasteiger partial charge in [0.1, 0.15) is 11.6 Å². The first kappa shape index (κ1) is 13.6. The molecule has 94 valence electrons. The van der Waals surface area contributed by atoms with Crippen LogP contribution in [0.15, 0.2) is 18.2 Å². The third kappa shape index (κ3) is 5.97. The maximum Gasteiger partial charge on any atom is 0.217 e. The van der Waals surface area contributed by atoms with Crippen LogP contribution in [0, 0.1) is 11.6 Å². The van der Waals surface area contributed by atoms with Crippen molar-refractivity contribution in [3.05, 3.63) is 35.4 Å². The summed E-state index contributed by atoms with van der Waals surface area (Å²) in [5.74, 6) is -1.46. The molecule has 1 amide bonds. The van der Waals surface area contributed by atoms with E-state index in [2.05, 4.69) is 5.32 Å². The second-order valence-corrected chi connectivity index (χ2v) is 3.88. The first-order chi connectivity index (χ1) is 8.08. The Bertz CT molecular complexity index is 363. The number of nitrogens with two attached hydrogens (primary N) is 1. The summed E-state index contributed by atoms with van der Waals surface area (Å²) in [6.07, 6.45) is 1.90. The molecule has 5 heteroatoms. The van der Waals surface area contributed by atoms with Crippen LogP contribution >= 0.6 is 0 Å². The van der Waals surface area contributed by atoms with Crippen LogP contribution < -0.4 is 11.1 Å². The van der Waals surface area contributed by atoms with E-state index in [9.17, 15) is 13.6 Å². The zero-order chi connectivity index (χ0) is 12.7. The lowest BCUT2D eigenvalue weighted by molar-refractivity contribution is -0.118. The molecule has 0 unspecified atom stereocenters. The summed E-state index contributed by atoms with van der Waals surface area (Å²) in [7, 11) is 0. The maximum atomic E-state index is 12.8. The van der Waals surface area contributed by atoms with Crippen molar-refractivity contribution < 1.29 is 13.6 Å². The topological polar surface area (TPSA) is 55.1 Å². The minimum absolute atomic E-state index is 0.308. The van der Waals surface area contributed by atoms with E-state index in [-0.39, 0.29) is 5.91 Å². The molecule has 0 radical (unpaired) electrons. The molecule has 0 heterocycles. The Hall–Kier alpha value is -1.49. The largest absolute Gasteiger partial charge is 0.370 e. The average molecular weight is 242 g/mol. The van der Waals surface area contributed by atoms with Crippen molar-refractivity contribution in [1.82, 2.24) is 5.32 Å². The lowest BCUT2D eigenvalue weighted by Gasteiger charge is -2.05. The molecule has 0 saturated carbocycles. The Kier molecular flexibility index (Phi) is 5.56. The number of hydrogen-bond donors (Lipinski definition) is 2. The quantitative estimate of drug-likeness (QED) is 0.715. The van der Waals surface area contributed by atoms with Crippen molar-refractivity contribution in [2.24, 2.45) is 5.73 Å². The first-order valence-electron chi connectivity index (χ1n) is 5.52. The van der Waals surface area contributed by atoms with Crippen molar-refractivity contribution in [3.63, 3.8) is 0 Å². The van der Waals surface area contributed by atoms with Crippen molar-refractivity contribution in [1.29, 1.82) is 0 Å². The molecular weight excluding hydrogens is 226 g/mol. The van der Waals surface area contributed by atoms with Gasteiger partial charge in [-0.3, -0.25) is 4.79 Å². The van der Waals surface area contributed by atoms with Gasteiger partial charge in [0.05, 0.1) is 0 Å². The van der Waals surface area contributed by atoms with Crippen LogP contribution in [-0.2, 0) is 11.3 Å². The van der Waals surface area contributed by atoms with Gasteiger partial charge in [-0.25, -0.2) is 8.78 Å². The summed E-state index contributed by atoms with van der Waals surface area (Å²) in [6, 6.07) is 3.43. The van der Waals surface area contributed by atoms with Crippen LogP contribution in [-0.4, -0.2) is 12.5 Å². The zero-order valence-corrected chi connectivity index (χ0v) is 9.51. The molecule has 0 aromatic heterocycles. The highest BCUT2D eigenvalue weighted by atomic mass is 19.1. The van der Waals surface area contributed by atoms with E-state index >= 15 is 0 Å². The smallest absolute Gasteiger partial charge is 0.217 e. The van der Waals surface area contributed by atoms with E-state index in [1.54, 1.807) is 0 Å². The van der Waals surface area contributed by atoms with E-state index in [1.165, 1.54) is 12.1 Å².